The average molecular weight is 470 g/mol. The summed E-state index contributed by atoms with van der Waals surface area (Å²) in [6.45, 7) is 4.52. The maximum Gasteiger partial charge on any atom is 0.412 e. The maximum atomic E-state index is 12.4. The van der Waals surface area contributed by atoms with Gasteiger partial charge in [0.1, 0.15) is 11.4 Å². The van der Waals surface area contributed by atoms with Gasteiger partial charge in [-0.15, -0.1) is 0 Å². The highest BCUT2D eigenvalue weighted by molar-refractivity contribution is 7.85. The number of ether oxygens (including phenoxy) is 2. The number of carbonyl (C=O) groups excluding carboxylic acids is 1. The molecule has 5 nitrogen and oxygen atoms in total. The van der Waals surface area contributed by atoms with Gasteiger partial charge in [0, 0.05) is 16.2 Å². The smallest absolute Gasteiger partial charge is 0.412 e. The van der Waals surface area contributed by atoms with Crippen molar-refractivity contribution in [2.24, 2.45) is 0 Å². The highest BCUT2D eigenvalue weighted by atomic mass is 35.5. The first-order valence-electron chi connectivity index (χ1n) is 9.99. The van der Waals surface area contributed by atoms with Crippen molar-refractivity contribution in [3.63, 3.8) is 0 Å². The van der Waals surface area contributed by atoms with Crippen molar-refractivity contribution < 1.29 is 18.5 Å². The monoisotopic (exact) mass is 469 g/mol. The number of fused-ring (bicyclic) bond motifs is 1. The zero-order valence-electron chi connectivity index (χ0n) is 17.0. The fourth-order valence-electron chi connectivity index (χ4n) is 3.50. The second-order valence-electron chi connectivity index (χ2n) is 7.10. The topological polar surface area (TPSA) is 64.6 Å². The van der Waals surface area contributed by atoms with Gasteiger partial charge in [0.15, 0.2) is 0 Å². The first-order valence-corrected chi connectivity index (χ1v) is 12.1. The van der Waals surface area contributed by atoms with Crippen LogP contribution in [0.4, 0.5) is 10.5 Å². The molecular formula is C22H25Cl2NO4S. The van der Waals surface area contributed by atoms with Crippen molar-refractivity contribution >= 4 is 45.8 Å². The Balaban J connectivity index is 1.54. The SMILES string of the molecule is CCC1(CC)OC(=O)Nc2ccc(OCCCCS(=O)c3ccc(Cl)c(Cl)c3)cc21. The van der Waals surface area contributed by atoms with E-state index in [4.69, 9.17) is 32.7 Å². The number of rotatable bonds is 9. The highest BCUT2D eigenvalue weighted by Crippen LogP contribution is 2.42. The van der Waals surface area contributed by atoms with Gasteiger partial charge >= 0.3 is 6.09 Å². The summed E-state index contributed by atoms with van der Waals surface area (Å²) in [6, 6.07) is 10.7. The standard InChI is InChI=1S/C22H25Cl2NO4S/c1-3-22(4-2)17-13-15(7-10-20(17)25-21(26)29-22)28-11-5-6-12-30(27)16-8-9-18(23)19(24)14-16/h7-10,13-14H,3-6,11-12H2,1-2H3,(H,25,26). The van der Waals surface area contributed by atoms with E-state index in [9.17, 15) is 9.00 Å². The molecule has 8 heteroatoms. The van der Waals surface area contributed by atoms with Crippen LogP contribution in [0.2, 0.25) is 10.0 Å². The Morgan fingerprint density at radius 1 is 1.07 bits per heavy atom. The number of halogens is 2. The first-order chi connectivity index (χ1) is 14.4. The molecule has 0 saturated heterocycles. The zero-order valence-corrected chi connectivity index (χ0v) is 19.3. The normalized spacial score (nSPS) is 15.7. The van der Waals surface area contributed by atoms with E-state index in [1.165, 1.54) is 0 Å². The number of cyclic esters (lactones) is 1. The van der Waals surface area contributed by atoms with Crippen LogP contribution in [-0.4, -0.2) is 22.7 Å². The van der Waals surface area contributed by atoms with Gasteiger partial charge in [-0.1, -0.05) is 37.0 Å². The van der Waals surface area contributed by atoms with Crippen LogP contribution >= 0.6 is 23.2 Å². The largest absolute Gasteiger partial charge is 0.494 e. The minimum Gasteiger partial charge on any atom is -0.494 e. The number of hydrogen-bond acceptors (Lipinski definition) is 4. The van der Waals surface area contributed by atoms with Gasteiger partial charge in [0.25, 0.3) is 0 Å². The van der Waals surface area contributed by atoms with Gasteiger partial charge in [0.05, 0.1) is 33.1 Å². The van der Waals surface area contributed by atoms with Crippen molar-refractivity contribution in [2.45, 2.75) is 50.0 Å². The van der Waals surface area contributed by atoms with Crippen LogP contribution in [0.25, 0.3) is 0 Å². The number of hydrogen-bond donors (Lipinski definition) is 1. The van der Waals surface area contributed by atoms with E-state index in [0.717, 1.165) is 29.8 Å². The Hall–Kier alpha value is -1.76. The second kappa shape index (κ2) is 10.0. The van der Waals surface area contributed by atoms with Crippen molar-refractivity contribution in [2.75, 3.05) is 17.7 Å². The number of nitrogens with one attached hydrogen (secondary N) is 1. The third-order valence-electron chi connectivity index (χ3n) is 5.30. The average Bonchev–Trinajstić information content (AvgIpc) is 2.74. The maximum absolute atomic E-state index is 12.4. The van der Waals surface area contributed by atoms with Crippen molar-refractivity contribution in [1.82, 2.24) is 0 Å². The molecule has 0 spiro atoms. The summed E-state index contributed by atoms with van der Waals surface area (Å²) >= 11 is 11.9. The third-order valence-corrected chi connectivity index (χ3v) is 7.47. The molecule has 1 unspecified atom stereocenters. The van der Waals surface area contributed by atoms with E-state index in [1.54, 1.807) is 18.2 Å². The van der Waals surface area contributed by atoms with E-state index in [-0.39, 0.29) is 0 Å². The summed E-state index contributed by atoms with van der Waals surface area (Å²) in [5.41, 5.74) is 1.07. The number of benzene rings is 2. The number of amides is 1. The summed E-state index contributed by atoms with van der Waals surface area (Å²) in [5, 5.41) is 3.62. The van der Waals surface area contributed by atoms with Gasteiger partial charge in [0.2, 0.25) is 0 Å². The third kappa shape index (κ3) is 5.10. The minimum atomic E-state index is -1.12. The molecule has 2 aromatic carbocycles. The molecule has 0 aromatic heterocycles. The minimum absolute atomic E-state index is 0.411. The van der Waals surface area contributed by atoms with Crippen molar-refractivity contribution in [3.8, 4) is 5.75 Å². The van der Waals surface area contributed by atoms with Gasteiger partial charge in [-0.05, 0) is 62.1 Å². The lowest BCUT2D eigenvalue weighted by atomic mass is 9.86. The Bertz CT molecular complexity index is 947. The Kier molecular flexibility index (Phi) is 7.66. The molecule has 0 aliphatic carbocycles. The van der Waals surface area contributed by atoms with Crippen LogP contribution in [0.3, 0.4) is 0 Å². The lowest BCUT2D eigenvalue weighted by molar-refractivity contribution is 0.00453. The summed E-state index contributed by atoms with van der Waals surface area (Å²) in [7, 11) is -1.12. The second-order valence-corrected chi connectivity index (χ2v) is 9.49. The molecule has 0 saturated carbocycles. The van der Waals surface area contributed by atoms with E-state index in [1.807, 2.05) is 32.0 Å². The molecule has 3 rings (SSSR count). The quantitative estimate of drug-likeness (QED) is 0.423. The fraction of sp³-hybridized carbons (Fsp3) is 0.409. The lowest BCUT2D eigenvalue weighted by Gasteiger charge is -2.37. The van der Waals surface area contributed by atoms with Crippen LogP contribution < -0.4 is 10.1 Å². The molecule has 0 fully saturated rings. The Labute approximate surface area is 189 Å². The summed E-state index contributed by atoms with van der Waals surface area (Å²) < 4.78 is 23.9. The number of carbonyl (C=O) groups is 1. The van der Waals surface area contributed by atoms with E-state index >= 15 is 0 Å². The highest BCUT2D eigenvalue weighted by Gasteiger charge is 2.39. The van der Waals surface area contributed by atoms with E-state index in [0.29, 0.717) is 40.1 Å². The van der Waals surface area contributed by atoms with Gasteiger partial charge in [-0.25, -0.2) is 4.79 Å². The van der Waals surface area contributed by atoms with Gasteiger partial charge in [-0.3, -0.25) is 9.53 Å². The predicted molar refractivity (Wildman–Crippen MR) is 121 cm³/mol. The molecule has 1 N–H and O–H groups in total. The molecule has 0 bridgehead atoms. The van der Waals surface area contributed by atoms with E-state index < -0.39 is 22.5 Å². The van der Waals surface area contributed by atoms with Crippen LogP contribution in [-0.2, 0) is 21.1 Å². The van der Waals surface area contributed by atoms with Crippen LogP contribution in [0.15, 0.2) is 41.3 Å². The molecular weight excluding hydrogens is 445 g/mol. The molecule has 1 aliphatic rings. The number of unbranched alkanes of at least 4 members (excludes halogenated alkanes) is 1. The van der Waals surface area contributed by atoms with Crippen LogP contribution in [0.1, 0.15) is 45.1 Å². The molecule has 30 heavy (non-hydrogen) atoms. The molecule has 2 aromatic rings. The number of anilines is 1. The molecule has 1 aliphatic heterocycles. The Morgan fingerprint density at radius 2 is 1.83 bits per heavy atom. The van der Waals surface area contributed by atoms with Gasteiger partial charge < -0.3 is 9.47 Å². The molecule has 0 radical (unpaired) electrons. The lowest BCUT2D eigenvalue weighted by Crippen LogP contribution is -2.38. The Morgan fingerprint density at radius 3 is 2.53 bits per heavy atom. The fourth-order valence-corrected chi connectivity index (χ4v) is 5.04. The van der Waals surface area contributed by atoms with Crippen LogP contribution in [0.5, 0.6) is 5.75 Å². The van der Waals surface area contributed by atoms with Gasteiger partial charge in [-0.2, -0.15) is 0 Å². The summed E-state index contributed by atoms with van der Waals surface area (Å²) in [5.74, 6) is 1.26. The first kappa shape index (κ1) is 22.9. The molecule has 1 amide bonds. The zero-order chi connectivity index (χ0) is 21.7. The summed E-state index contributed by atoms with van der Waals surface area (Å²) in [6.07, 6.45) is 2.48. The summed E-state index contributed by atoms with van der Waals surface area (Å²) in [4.78, 5) is 12.6. The molecule has 162 valence electrons. The molecule has 1 atom stereocenters. The van der Waals surface area contributed by atoms with E-state index in [2.05, 4.69) is 5.32 Å². The van der Waals surface area contributed by atoms with Crippen molar-refractivity contribution in [3.05, 3.63) is 52.0 Å². The van der Waals surface area contributed by atoms with Crippen molar-refractivity contribution in [1.29, 1.82) is 0 Å². The van der Waals surface area contributed by atoms with Crippen LogP contribution in [0, 0.1) is 0 Å². The molecule has 1 heterocycles. The predicted octanol–water partition coefficient (Wildman–Crippen LogP) is 6.54.